The largest absolute Gasteiger partial charge is 0.494 e. The van der Waals surface area contributed by atoms with Gasteiger partial charge in [-0.05, 0) is 12.5 Å². The van der Waals surface area contributed by atoms with Gasteiger partial charge in [0, 0.05) is 12.2 Å². The van der Waals surface area contributed by atoms with E-state index in [0.717, 1.165) is 0 Å². The third-order valence-electron chi connectivity index (χ3n) is 2.97. The van der Waals surface area contributed by atoms with E-state index in [9.17, 15) is 9.59 Å². The van der Waals surface area contributed by atoms with Crippen molar-refractivity contribution in [3.05, 3.63) is 36.2 Å². The Hall–Kier alpha value is -2.37. The molecule has 2 atom stereocenters. The van der Waals surface area contributed by atoms with Gasteiger partial charge in [-0.2, -0.15) is 0 Å². The summed E-state index contributed by atoms with van der Waals surface area (Å²) in [6.07, 6.45) is 6.62. The average Bonchev–Trinajstić information content (AvgIpc) is 2.87. The zero-order valence-electron chi connectivity index (χ0n) is 10.4. The number of aromatic nitrogens is 1. The summed E-state index contributed by atoms with van der Waals surface area (Å²) in [6, 6.07) is 1.29. The Balaban J connectivity index is 2.03. The maximum Gasteiger partial charge on any atom is 0.310 e. The molecule has 0 aromatic carbocycles. The van der Waals surface area contributed by atoms with Crippen LogP contribution in [0.3, 0.4) is 0 Å². The molecule has 1 heterocycles. The fourth-order valence-corrected chi connectivity index (χ4v) is 1.97. The van der Waals surface area contributed by atoms with Crippen LogP contribution in [0.2, 0.25) is 0 Å². The number of ether oxygens (including phenoxy) is 1. The lowest BCUT2D eigenvalue weighted by Crippen LogP contribution is -2.33. The maximum absolute atomic E-state index is 12.1. The second-order valence-electron chi connectivity index (χ2n) is 4.22. The quantitative estimate of drug-likeness (QED) is 0.785. The van der Waals surface area contributed by atoms with E-state index in [1.54, 1.807) is 18.2 Å². The van der Waals surface area contributed by atoms with Crippen LogP contribution in [-0.4, -0.2) is 35.1 Å². The Morgan fingerprint density at radius 1 is 1.47 bits per heavy atom. The van der Waals surface area contributed by atoms with Gasteiger partial charge in [-0.3, -0.25) is 14.6 Å². The number of carboxylic acids is 1. The van der Waals surface area contributed by atoms with Gasteiger partial charge in [0.25, 0.3) is 5.91 Å². The van der Waals surface area contributed by atoms with Gasteiger partial charge in [0.2, 0.25) is 0 Å². The number of carbonyl (C=O) groups excluding carboxylic acids is 1. The number of carbonyl (C=O) groups is 2. The first kappa shape index (κ1) is 13.1. The van der Waals surface area contributed by atoms with Crippen LogP contribution in [0.5, 0.6) is 5.75 Å². The molecule has 0 aliphatic heterocycles. The molecule has 2 unspecified atom stereocenters. The second kappa shape index (κ2) is 5.51. The van der Waals surface area contributed by atoms with Crippen molar-refractivity contribution in [3.8, 4) is 5.75 Å². The number of nitrogens with one attached hydrogen (secondary N) is 1. The molecule has 1 aromatic heterocycles. The van der Waals surface area contributed by atoms with E-state index >= 15 is 0 Å². The number of amides is 1. The Kier molecular flexibility index (Phi) is 3.79. The zero-order chi connectivity index (χ0) is 13.8. The SMILES string of the molecule is COc1cnccc1C(=O)NC1C=CC(C(=O)O)C1. The van der Waals surface area contributed by atoms with E-state index in [0.29, 0.717) is 17.7 Å². The Labute approximate surface area is 110 Å². The van der Waals surface area contributed by atoms with Crippen molar-refractivity contribution in [1.82, 2.24) is 10.3 Å². The van der Waals surface area contributed by atoms with Crippen molar-refractivity contribution in [2.75, 3.05) is 7.11 Å². The minimum atomic E-state index is -0.880. The predicted molar refractivity (Wildman–Crippen MR) is 66.9 cm³/mol. The molecule has 1 aliphatic rings. The molecular formula is C13H14N2O4. The third kappa shape index (κ3) is 2.90. The van der Waals surface area contributed by atoms with Crippen LogP contribution >= 0.6 is 0 Å². The number of aliphatic carboxylic acids is 1. The molecule has 100 valence electrons. The lowest BCUT2D eigenvalue weighted by Gasteiger charge is -2.13. The normalized spacial score (nSPS) is 21.1. The van der Waals surface area contributed by atoms with Crippen LogP contribution in [0.1, 0.15) is 16.8 Å². The van der Waals surface area contributed by atoms with Gasteiger partial charge < -0.3 is 15.2 Å². The first-order valence-corrected chi connectivity index (χ1v) is 5.82. The Morgan fingerprint density at radius 3 is 2.89 bits per heavy atom. The number of carboxylic acid groups (broad SMARTS) is 1. The Morgan fingerprint density at radius 2 is 2.26 bits per heavy atom. The smallest absolute Gasteiger partial charge is 0.310 e. The van der Waals surface area contributed by atoms with Gasteiger partial charge in [0.1, 0.15) is 5.75 Å². The van der Waals surface area contributed by atoms with Crippen molar-refractivity contribution in [2.24, 2.45) is 5.92 Å². The van der Waals surface area contributed by atoms with Gasteiger partial charge in [-0.25, -0.2) is 0 Å². The van der Waals surface area contributed by atoms with Gasteiger partial charge in [-0.15, -0.1) is 0 Å². The number of pyridine rings is 1. The Bertz CT molecular complexity index is 527. The van der Waals surface area contributed by atoms with Gasteiger partial charge >= 0.3 is 5.97 Å². The zero-order valence-corrected chi connectivity index (χ0v) is 10.4. The molecule has 0 bridgehead atoms. The van der Waals surface area contributed by atoms with Crippen LogP contribution in [0.25, 0.3) is 0 Å². The molecular weight excluding hydrogens is 248 g/mol. The summed E-state index contributed by atoms with van der Waals surface area (Å²) in [4.78, 5) is 26.7. The number of nitrogens with zero attached hydrogens (tertiary/aromatic N) is 1. The molecule has 1 amide bonds. The highest BCUT2D eigenvalue weighted by atomic mass is 16.5. The van der Waals surface area contributed by atoms with Gasteiger partial charge in [0.05, 0.1) is 24.8 Å². The summed E-state index contributed by atoms with van der Waals surface area (Å²) < 4.78 is 5.05. The van der Waals surface area contributed by atoms with Crippen LogP contribution in [0.15, 0.2) is 30.6 Å². The molecule has 0 saturated heterocycles. The van der Waals surface area contributed by atoms with E-state index in [1.807, 2.05) is 0 Å². The summed E-state index contributed by atoms with van der Waals surface area (Å²) in [5.74, 6) is -1.34. The molecule has 1 aromatic rings. The summed E-state index contributed by atoms with van der Waals surface area (Å²) >= 11 is 0. The minimum absolute atomic E-state index is 0.272. The van der Waals surface area contributed by atoms with Crippen molar-refractivity contribution < 1.29 is 19.4 Å². The molecule has 6 heteroatoms. The van der Waals surface area contributed by atoms with Crippen molar-refractivity contribution in [3.63, 3.8) is 0 Å². The summed E-state index contributed by atoms with van der Waals surface area (Å²) in [6.45, 7) is 0. The fourth-order valence-electron chi connectivity index (χ4n) is 1.97. The number of hydrogen-bond acceptors (Lipinski definition) is 4. The van der Waals surface area contributed by atoms with Gasteiger partial charge in [-0.1, -0.05) is 12.2 Å². The molecule has 1 aliphatic carbocycles. The van der Waals surface area contributed by atoms with E-state index in [4.69, 9.17) is 9.84 Å². The van der Waals surface area contributed by atoms with E-state index < -0.39 is 11.9 Å². The standard InChI is InChI=1S/C13H14N2O4/c1-19-11-7-14-5-4-10(11)12(16)15-9-3-2-8(6-9)13(17)18/h2-5,7-9H,6H2,1H3,(H,15,16)(H,17,18). The highest BCUT2D eigenvalue weighted by molar-refractivity contribution is 5.97. The van der Waals surface area contributed by atoms with Crippen molar-refractivity contribution in [2.45, 2.75) is 12.5 Å². The van der Waals surface area contributed by atoms with Crippen LogP contribution in [0.4, 0.5) is 0 Å². The van der Waals surface area contributed by atoms with Crippen LogP contribution in [-0.2, 0) is 4.79 Å². The lowest BCUT2D eigenvalue weighted by molar-refractivity contribution is -0.140. The summed E-state index contributed by atoms with van der Waals surface area (Å²) in [5, 5.41) is 11.6. The van der Waals surface area contributed by atoms with E-state index in [2.05, 4.69) is 10.3 Å². The third-order valence-corrected chi connectivity index (χ3v) is 2.97. The van der Waals surface area contributed by atoms with E-state index in [-0.39, 0.29) is 11.9 Å². The topological polar surface area (TPSA) is 88.5 Å². The second-order valence-corrected chi connectivity index (χ2v) is 4.22. The summed E-state index contributed by atoms with van der Waals surface area (Å²) in [5.41, 5.74) is 0.379. The molecule has 2 N–H and O–H groups in total. The first-order chi connectivity index (χ1) is 9.11. The predicted octanol–water partition coefficient (Wildman–Crippen LogP) is 0.849. The molecule has 19 heavy (non-hydrogen) atoms. The highest BCUT2D eigenvalue weighted by Crippen LogP contribution is 2.20. The molecule has 0 spiro atoms. The number of hydrogen-bond donors (Lipinski definition) is 2. The first-order valence-electron chi connectivity index (χ1n) is 5.82. The highest BCUT2D eigenvalue weighted by Gasteiger charge is 2.26. The van der Waals surface area contributed by atoms with Crippen molar-refractivity contribution in [1.29, 1.82) is 0 Å². The maximum atomic E-state index is 12.1. The van der Waals surface area contributed by atoms with E-state index in [1.165, 1.54) is 19.5 Å². The lowest BCUT2D eigenvalue weighted by atomic mass is 10.1. The molecule has 0 saturated carbocycles. The fraction of sp³-hybridized carbons (Fsp3) is 0.308. The van der Waals surface area contributed by atoms with Crippen molar-refractivity contribution >= 4 is 11.9 Å². The average molecular weight is 262 g/mol. The van der Waals surface area contributed by atoms with Crippen LogP contribution in [0, 0.1) is 5.92 Å². The van der Waals surface area contributed by atoms with Crippen LogP contribution < -0.4 is 10.1 Å². The molecule has 2 rings (SSSR count). The summed E-state index contributed by atoms with van der Waals surface area (Å²) in [7, 11) is 1.46. The molecule has 0 fully saturated rings. The monoisotopic (exact) mass is 262 g/mol. The number of rotatable bonds is 4. The molecule has 6 nitrogen and oxygen atoms in total. The number of methoxy groups -OCH3 is 1. The minimum Gasteiger partial charge on any atom is -0.494 e. The molecule has 0 radical (unpaired) electrons. The van der Waals surface area contributed by atoms with Gasteiger partial charge in [0.15, 0.2) is 0 Å².